The lowest BCUT2D eigenvalue weighted by Crippen LogP contribution is -2.63. The molecule has 0 bridgehead atoms. The van der Waals surface area contributed by atoms with Crippen molar-refractivity contribution in [3.8, 4) is 5.75 Å². The molecule has 3 aromatic rings. The van der Waals surface area contributed by atoms with Crippen molar-refractivity contribution in [2.75, 3.05) is 69.7 Å². The summed E-state index contributed by atoms with van der Waals surface area (Å²) in [7, 11) is 11.6. The SMILES string of the molecule is CCC(C(=O)N1CCCC1C(=O)N(C)C(Cc1ccccc1)C(=O)N1CCC(OC)CC1C(=O)N(C)C(C)(C(=O)OC)c1ccccc1)N(C)C(=O)C([C@@H](C)OC)N(C)C(=O)c1ncccc1OC. The summed E-state index contributed by atoms with van der Waals surface area (Å²) in [5.41, 5.74) is -0.281. The fourth-order valence-corrected chi connectivity index (χ4v) is 9.58. The number of nitrogens with zero attached hydrogens (tertiary/aromatic N) is 7. The number of carbonyl (C=O) groups excluding carboxylic acids is 7. The number of benzene rings is 2. The first-order valence-corrected chi connectivity index (χ1v) is 23.3. The standard InChI is InChI=1S/C51H69N7O11/c1-12-37(53(4)49(64)43(33(2)66-8)55(6)48(63)42-41(68-10)26-19-28-52-42)46(61)57-29-20-25-38(57)44(59)54(5)39(31-34-21-15-13-16-22-34)47(62)58-30-27-36(67-9)32-40(58)45(60)56(7)51(3,50(65)69-11)35-23-17-14-18-24-35/h13-19,21-24,26,28,33,36-40,43H,12,20,25,27,29-32H2,1-11H3/t33-,36?,37?,38?,39?,40?,43?,51?/m1/s1. The summed E-state index contributed by atoms with van der Waals surface area (Å²) in [6, 6.07) is 15.8. The number of carbonyl (C=O) groups is 7. The quantitative estimate of drug-likeness (QED) is 0.160. The second-order valence-electron chi connectivity index (χ2n) is 17.8. The third-order valence-corrected chi connectivity index (χ3v) is 14.1. The molecule has 374 valence electrons. The van der Waals surface area contributed by atoms with Gasteiger partial charge in [-0.05, 0) is 62.8 Å². The van der Waals surface area contributed by atoms with Crippen molar-refractivity contribution in [2.24, 2.45) is 0 Å². The van der Waals surface area contributed by atoms with Gasteiger partial charge in [0.25, 0.3) is 5.91 Å². The maximum absolute atomic E-state index is 15.3. The average molecular weight is 956 g/mol. The van der Waals surface area contributed by atoms with Gasteiger partial charge in [0.15, 0.2) is 11.2 Å². The Labute approximate surface area is 405 Å². The third kappa shape index (κ3) is 11.2. The lowest BCUT2D eigenvalue weighted by Gasteiger charge is -2.45. The Kier molecular flexibility index (Phi) is 18.4. The van der Waals surface area contributed by atoms with Crippen LogP contribution >= 0.6 is 0 Å². The van der Waals surface area contributed by atoms with Crippen LogP contribution in [0.4, 0.5) is 0 Å². The summed E-state index contributed by atoms with van der Waals surface area (Å²) in [6.07, 6.45) is 1.88. The van der Waals surface area contributed by atoms with Crippen LogP contribution < -0.4 is 4.74 Å². The number of likely N-dealkylation sites (tertiary alicyclic amines) is 2. The summed E-state index contributed by atoms with van der Waals surface area (Å²) >= 11 is 0. The van der Waals surface area contributed by atoms with E-state index in [0.29, 0.717) is 24.8 Å². The van der Waals surface area contributed by atoms with Crippen LogP contribution in [0.3, 0.4) is 0 Å². The number of hydrogen-bond donors (Lipinski definition) is 0. The molecule has 0 spiro atoms. The van der Waals surface area contributed by atoms with Crippen molar-refractivity contribution in [1.82, 2.24) is 34.4 Å². The third-order valence-electron chi connectivity index (χ3n) is 14.1. The largest absolute Gasteiger partial charge is 0.494 e. The Hall–Kier alpha value is -6.40. The van der Waals surface area contributed by atoms with Crippen LogP contribution in [-0.4, -0.2) is 188 Å². The van der Waals surface area contributed by atoms with Crippen LogP contribution in [0.25, 0.3) is 0 Å². The minimum absolute atomic E-state index is 0.000472. The Bertz CT molecular complexity index is 2290. The zero-order valence-electron chi connectivity index (χ0n) is 41.8. The Morgan fingerprint density at radius 1 is 0.754 bits per heavy atom. The van der Waals surface area contributed by atoms with E-state index in [1.807, 2.05) is 30.3 Å². The normalized spacial score (nSPS) is 19.5. The molecule has 0 saturated carbocycles. The fourth-order valence-electron chi connectivity index (χ4n) is 9.58. The Balaban J connectivity index is 1.44. The van der Waals surface area contributed by atoms with E-state index in [0.717, 1.165) is 5.56 Å². The van der Waals surface area contributed by atoms with Crippen LogP contribution in [0, 0.1) is 0 Å². The highest BCUT2D eigenvalue weighted by Crippen LogP contribution is 2.33. The lowest BCUT2D eigenvalue weighted by molar-refractivity contribution is -0.166. The van der Waals surface area contributed by atoms with Crippen molar-refractivity contribution in [3.63, 3.8) is 0 Å². The second kappa shape index (κ2) is 23.7. The van der Waals surface area contributed by atoms with Crippen molar-refractivity contribution in [1.29, 1.82) is 0 Å². The number of pyridine rings is 1. The number of amides is 6. The predicted octanol–water partition coefficient (Wildman–Crippen LogP) is 3.42. The maximum Gasteiger partial charge on any atom is 0.336 e. The number of piperidine rings is 1. The Morgan fingerprint density at radius 3 is 1.97 bits per heavy atom. The van der Waals surface area contributed by atoms with Crippen molar-refractivity contribution in [3.05, 3.63) is 95.8 Å². The summed E-state index contributed by atoms with van der Waals surface area (Å²) in [5, 5.41) is 0. The minimum Gasteiger partial charge on any atom is -0.494 e. The Morgan fingerprint density at radius 2 is 1.38 bits per heavy atom. The summed E-state index contributed by atoms with van der Waals surface area (Å²) in [5.74, 6) is -3.54. The first kappa shape index (κ1) is 53.6. The van der Waals surface area contributed by atoms with Gasteiger partial charge in [-0.2, -0.15) is 0 Å². The minimum atomic E-state index is -1.56. The molecule has 0 radical (unpaired) electrons. The van der Waals surface area contributed by atoms with Gasteiger partial charge in [0, 0.05) is 74.5 Å². The van der Waals surface area contributed by atoms with Gasteiger partial charge >= 0.3 is 5.97 Å². The average Bonchev–Trinajstić information content (AvgIpc) is 3.89. The predicted molar refractivity (Wildman–Crippen MR) is 256 cm³/mol. The van der Waals surface area contributed by atoms with Gasteiger partial charge in [0.2, 0.25) is 29.5 Å². The van der Waals surface area contributed by atoms with Crippen molar-refractivity contribution >= 4 is 41.4 Å². The molecule has 2 fully saturated rings. The molecular weight excluding hydrogens is 887 g/mol. The highest BCUT2D eigenvalue weighted by molar-refractivity contribution is 6.00. The zero-order valence-corrected chi connectivity index (χ0v) is 41.8. The number of esters is 1. The van der Waals surface area contributed by atoms with Gasteiger partial charge in [0.05, 0.1) is 26.4 Å². The summed E-state index contributed by atoms with van der Waals surface area (Å²) in [4.78, 5) is 114. The van der Waals surface area contributed by atoms with Gasteiger partial charge in [-0.15, -0.1) is 0 Å². The molecule has 6 amide bonds. The molecule has 2 saturated heterocycles. The van der Waals surface area contributed by atoms with E-state index < -0.39 is 83.3 Å². The molecule has 18 heteroatoms. The van der Waals surface area contributed by atoms with E-state index in [1.54, 1.807) is 70.3 Å². The molecule has 2 aromatic carbocycles. The van der Waals surface area contributed by atoms with E-state index in [9.17, 15) is 28.8 Å². The van der Waals surface area contributed by atoms with Gasteiger partial charge < -0.3 is 48.3 Å². The molecular formula is C51H69N7O11. The number of likely N-dealkylation sites (N-methyl/N-ethyl adjacent to an activating group) is 4. The lowest BCUT2D eigenvalue weighted by atomic mass is 9.88. The zero-order chi connectivity index (χ0) is 50.7. The number of rotatable bonds is 19. The molecule has 3 heterocycles. The monoisotopic (exact) mass is 956 g/mol. The molecule has 8 atom stereocenters. The molecule has 5 rings (SSSR count). The van der Waals surface area contributed by atoms with Crippen molar-refractivity contribution in [2.45, 2.75) is 107 Å². The van der Waals surface area contributed by atoms with Crippen LogP contribution in [-0.2, 0) is 54.9 Å². The van der Waals surface area contributed by atoms with E-state index >= 15 is 4.79 Å². The smallest absolute Gasteiger partial charge is 0.336 e. The first-order chi connectivity index (χ1) is 32.9. The second-order valence-corrected chi connectivity index (χ2v) is 17.8. The maximum atomic E-state index is 15.3. The molecule has 7 unspecified atom stereocenters. The van der Waals surface area contributed by atoms with Crippen molar-refractivity contribution < 1.29 is 52.5 Å². The molecule has 1 aromatic heterocycles. The number of ether oxygens (including phenoxy) is 4. The van der Waals surface area contributed by atoms with E-state index in [4.69, 9.17) is 18.9 Å². The van der Waals surface area contributed by atoms with E-state index in [2.05, 4.69) is 4.98 Å². The molecule has 2 aliphatic heterocycles. The van der Waals surface area contributed by atoms with Gasteiger partial charge in [0.1, 0.15) is 36.0 Å². The highest BCUT2D eigenvalue weighted by atomic mass is 16.5. The van der Waals surface area contributed by atoms with Crippen LogP contribution in [0.1, 0.15) is 74.5 Å². The molecule has 0 aliphatic carbocycles. The first-order valence-electron chi connectivity index (χ1n) is 23.3. The van der Waals surface area contributed by atoms with E-state index in [-0.39, 0.29) is 49.9 Å². The summed E-state index contributed by atoms with van der Waals surface area (Å²) < 4.78 is 21.9. The van der Waals surface area contributed by atoms with Crippen LogP contribution in [0.2, 0.25) is 0 Å². The fraction of sp³-hybridized carbons (Fsp3) is 0.529. The number of methoxy groups -OCH3 is 4. The van der Waals surface area contributed by atoms with Gasteiger partial charge in [-0.3, -0.25) is 28.8 Å². The summed E-state index contributed by atoms with van der Waals surface area (Å²) in [6.45, 7) is 5.36. The van der Waals surface area contributed by atoms with E-state index in [1.165, 1.54) is 85.1 Å². The number of aromatic nitrogens is 1. The molecule has 69 heavy (non-hydrogen) atoms. The highest BCUT2D eigenvalue weighted by Gasteiger charge is 2.50. The topological polar surface area (TPSA) is 189 Å². The van der Waals surface area contributed by atoms with Crippen LogP contribution in [0.5, 0.6) is 5.75 Å². The number of hydrogen-bond acceptors (Lipinski definition) is 12. The van der Waals surface area contributed by atoms with Gasteiger partial charge in [-0.1, -0.05) is 67.6 Å². The van der Waals surface area contributed by atoms with Crippen LogP contribution in [0.15, 0.2) is 79.0 Å². The molecule has 18 nitrogen and oxygen atoms in total. The van der Waals surface area contributed by atoms with Gasteiger partial charge in [-0.25, -0.2) is 9.78 Å². The molecule has 0 N–H and O–H groups in total. The molecule has 2 aliphatic rings.